The number of ether oxygens (including phenoxy) is 2. The first-order valence-electron chi connectivity index (χ1n) is 7.83. The molecular weight excluding hydrogens is 346 g/mol. The maximum absolute atomic E-state index is 12.9. The third kappa shape index (κ3) is 4.12. The highest BCUT2D eigenvalue weighted by atomic mass is 35.5. The predicted octanol–water partition coefficient (Wildman–Crippen LogP) is 2.04. The molecule has 1 saturated heterocycles. The molecule has 1 amide bonds. The molecule has 0 aliphatic carbocycles. The summed E-state index contributed by atoms with van der Waals surface area (Å²) in [7, 11) is 3.20. The van der Waals surface area contributed by atoms with Crippen molar-refractivity contribution in [2.45, 2.75) is 12.6 Å². The van der Waals surface area contributed by atoms with E-state index < -0.39 is 0 Å². The van der Waals surface area contributed by atoms with Crippen LogP contribution < -0.4 is 10.1 Å². The Morgan fingerprint density at radius 1 is 1.40 bits per heavy atom. The monoisotopic (exact) mass is 367 g/mol. The Labute approximate surface area is 152 Å². The van der Waals surface area contributed by atoms with E-state index in [0.717, 1.165) is 17.9 Å². The van der Waals surface area contributed by atoms with Gasteiger partial charge in [-0.25, -0.2) is 0 Å². The van der Waals surface area contributed by atoms with Crippen molar-refractivity contribution in [1.82, 2.24) is 15.4 Å². The lowest BCUT2D eigenvalue weighted by Gasteiger charge is -2.36. The second-order valence-electron chi connectivity index (χ2n) is 5.57. The van der Waals surface area contributed by atoms with Gasteiger partial charge in [0.05, 0.1) is 13.2 Å². The number of benzene rings is 1. The quantitative estimate of drug-likeness (QED) is 0.871. The van der Waals surface area contributed by atoms with Crippen LogP contribution in [-0.4, -0.2) is 49.8 Å². The van der Waals surface area contributed by atoms with E-state index in [1.54, 1.807) is 20.3 Å². The standard InChI is InChI=1S/C17H21N3O4.ClH/c1-22-11-12-9-14(19-24-12)17(21)20-8-7-18-10-15(20)13-5-3-4-6-16(13)23-2;/h3-6,9,15,18H,7-8,10-11H2,1-2H3;1H. The molecule has 7 nitrogen and oxygen atoms in total. The highest BCUT2D eigenvalue weighted by Gasteiger charge is 2.31. The zero-order valence-corrected chi connectivity index (χ0v) is 15.0. The molecule has 0 spiro atoms. The molecule has 1 fully saturated rings. The van der Waals surface area contributed by atoms with Gasteiger partial charge in [-0.05, 0) is 6.07 Å². The van der Waals surface area contributed by atoms with Gasteiger partial charge in [0.2, 0.25) is 0 Å². The number of halogens is 1. The molecule has 3 rings (SSSR count). The van der Waals surface area contributed by atoms with Gasteiger partial charge in [-0.15, -0.1) is 12.4 Å². The molecule has 1 aromatic carbocycles. The van der Waals surface area contributed by atoms with Crippen molar-refractivity contribution in [2.24, 2.45) is 0 Å². The lowest BCUT2D eigenvalue weighted by Crippen LogP contribution is -2.48. The molecular formula is C17H22ClN3O4. The molecule has 1 aliphatic heterocycles. The van der Waals surface area contributed by atoms with E-state index in [4.69, 9.17) is 14.0 Å². The second-order valence-corrected chi connectivity index (χ2v) is 5.57. The summed E-state index contributed by atoms with van der Waals surface area (Å²) in [5, 5.41) is 7.22. The van der Waals surface area contributed by atoms with Gasteiger partial charge in [0, 0.05) is 38.4 Å². The van der Waals surface area contributed by atoms with E-state index in [0.29, 0.717) is 24.5 Å². The summed E-state index contributed by atoms with van der Waals surface area (Å²) < 4.78 is 15.6. The summed E-state index contributed by atoms with van der Waals surface area (Å²) in [6.45, 7) is 2.28. The van der Waals surface area contributed by atoms with Crippen molar-refractivity contribution < 1.29 is 18.8 Å². The summed E-state index contributed by atoms with van der Waals surface area (Å²) in [4.78, 5) is 14.7. The lowest BCUT2D eigenvalue weighted by atomic mass is 10.0. The highest BCUT2D eigenvalue weighted by Crippen LogP contribution is 2.31. The van der Waals surface area contributed by atoms with Crippen molar-refractivity contribution >= 4 is 18.3 Å². The number of rotatable bonds is 5. The number of aromatic nitrogens is 1. The molecule has 136 valence electrons. The number of methoxy groups -OCH3 is 2. The molecule has 25 heavy (non-hydrogen) atoms. The normalized spacial score (nSPS) is 17.0. The summed E-state index contributed by atoms with van der Waals surface area (Å²) in [5.41, 5.74) is 1.27. The molecule has 0 bridgehead atoms. The number of carbonyl (C=O) groups is 1. The van der Waals surface area contributed by atoms with Gasteiger partial charge in [0.1, 0.15) is 12.4 Å². The van der Waals surface area contributed by atoms with Gasteiger partial charge in [0.25, 0.3) is 5.91 Å². The van der Waals surface area contributed by atoms with E-state index in [9.17, 15) is 4.79 Å². The van der Waals surface area contributed by atoms with Crippen molar-refractivity contribution in [2.75, 3.05) is 33.9 Å². The Morgan fingerprint density at radius 2 is 2.20 bits per heavy atom. The number of amides is 1. The third-order valence-corrected chi connectivity index (χ3v) is 4.07. The first-order chi connectivity index (χ1) is 11.7. The summed E-state index contributed by atoms with van der Waals surface area (Å²) in [6.07, 6.45) is 0. The lowest BCUT2D eigenvalue weighted by molar-refractivity contribution is 0.0620. The van der Waals surface area contributed by atoms with E-state index in [1.165, 1.54) is 0 Å². The minimum Gasteiger partial charge on any atom is -0.496 e. The van der Waals surface area contributed by atoms with E-state index in [1.807, 2.05) is 29.2 Å². The van der Waals surface area contributed by atoms with Crippen LogP contribution in [0.25, 0.3) is 0 Å². The van der Waals surface area contributed by atoms with Crippen molar-refractivity contribution in [3.63, 3.8) is 0 Å². The molecule has 2 heterocycles. The summed E-state index contributed by atoms with van der Waals surface area (Å²) in [5.74, 6) is 1.15. The molecule has 0 radical (unpaired) electrons. The maximum atomic E-state index is 12.9. The smallest absolute Gasteiger partial charge is 0.276 e. The van der Waals surface area contributed by atoms with Crippen LogP contribution >= 0.6 is 12.4 Å². The maximum Gasteiger partial charge on any atom is 0.276 e. The van der Waals surface area contributed by atoms with Crippen molar-refractivity contribution in [1.29, 1.82) is 0 Å². The van der Waals surface area contributed by atoms with Gasteiger partial charge in [-0.3, -0.25) is 4.79 Å². The van der Waals surface area contributed by atoms with E-state index >= 15 is 0 Å². The summed E-state index contributed by atoms with van der Waals surface area (Å²) in [6, 6.07) is 9.26. The fourth-order valence-electron chi connectivity index (χ4n) is 2.94. The van der Waals surface area contributed by atoms with Crippen LogP contribution in [0.3, 0.4) is 0 Å². The van der Waals surface area contributed by atoms with Crippen LogP contribution in [0.1, 0.15) is 27.9 Å². The molecule has 8 heteroatoms. The van der Waals surface area contributed by atoms with Crippen LogP contribution in [0, 0.1) is 0 Å². The number of hydrogen-bond acceptors (Lipinski definition) is 6. The van der Waals surface area contributed by atoms with Crippen LogP contribution in [-0.2, 0) is 11.3 Å². The van der Waals surface area contributed by atoms with Gasteiger partial charge in [0.15, 0.2) is 11.5 Å². The third-order valence-electron chi connectivity index (χ3n) is 4.07. The zero-order valence-electron chi connectivity index (χ0n) is 14.2. The second kappa shape index (κ2) is 8.84. The fourth-order valence-corrected chi connectivity index (χ4v) is 2.94. The fraction of sp³-hybridized carbons (Fsp3) is 0.412. The molecule has 1 unspecified atom stereocenters. The molecule has 1 N–H and O–H groups in total. The van der Waals surface area contributed by atoms with Crippen molar-refractivity contribution in [3.05, 3.63) is 47.3 Å². The molecule has 1 atom stereocenters. The van der Waals surface area contributed by atoms with Crippen LogP contribution in [0.4, 0.5) is 0 Å². The Balaban J connectivity index is 0.00000225. The number of piperazine rings is 1. The molecule has 1 aromatic heterocycles. The number of nitrogens with zero attached hydrogens (tertiary/aromatic N) is 2. The predicted molar refractivity (Wildman–Crippen MR) is 94.1 cm³/mol. The van der Waals surface area contributed by atoms with Gasteiger partial charge in [-0.1, -0.05) is 23.4 Å². The van der Waals surface area contributed by atoms with Crippen LogP contribution in [0.5, 0.6) is 5.75 Å². The Morgan fingerprint density at radius 3 is 2.96 bits per heavy atom. The Kier molecular flexibility index (Phi) is 6.81. The average molecular weight is 368 g/mol. The number of para-hydroxylation sites is 1. The molecule has 1 aliphatic rings. The summed E-state index contributed by atoms with van der Waals surface area (Å²) >= 11 is 0. The largest absolute Gasteiger partial charge is 0.496 e. The number of hydrogen-bond donors (Lipinski definition) is 1. The van der Waals surface area contributed by atoms with E-state index in [2.05, 4.69) is 10.5 Å². The number of carbonyl (C=O) groups excluding carboxylic acids is 1. The first-order valence-corrected chi connectivity index (χ1v) is 7.83. The Bertz CT molecular complexity index is 707. The highest BCUT2D eigenvalue weighted by molar-refractivity contribution is 5.92. The minimum absolute atomic E-state index is 0. The van der Waals surface area contributed by atoms with Crippen LogP contribution in [0.2, 0.25) is 0 Å². The van der Waals surface area contributed by atoms with Crippen LogP contribution in [0.15, 0.2) is 34.9 Å². The van der Waals surface area contributed by atoms with Crippen molar-refractivity contribution in [3.8, 4) is 5.75 Å². The first kappa shape index (κ1) is 19.2. The van der Waals surface area contributed by atoms with E-state index in [-0.39, 0.29) is 31.0 Å². The molecule has 0 saturated carbocycles. The molecule has 2 aromatic rings. The van der Waals surface area contributed by atoms with Gasteiger partial charge >= 0.3 is 0 Å². The Hall–Kier alpha value is -2.09. The van der Waals surface area contributed by atoms with Gasteiger partial charge < -0.3 is 24.2 Å². The minimum atomic E-state index is -0.154. The average Bonchev–Trinajstić information content (AvgIpc) is 3.10. The zero-order chi connectivity index (χ0) is 16.9. The number of nitrogens with one attached hydrogen (secondary N) is 1. The van der Waals surface area contributed by atoms with Gasteiger partial charge in [-0.2, -0.15) is 0 Å². The topological polar surface area (TPSA) is 76.8 Å². The SMILES string of the molecule is COCc1cc(C(=O)N2CCNCC2c2ccccc2OC)no1.Cl.